The smallest absolute Gasteiger partial charge is 0.341 e. The zero-order valence-corrected chi connectivity index (χ0v) is 13.8. The summed E-state index contributed by atoms with van der Waals surface area (Å²) in [7, 11) is 0. The van der Waals surface area contributed by atoms with E-state index in [1.54, 1.807) is 29.2 Å². The molecule has 0 saturated carbocycles. The third kappa shape index (κ3) is 11.5. The van der Waals surface area contributed by atoms with Gasteiger partial charge in [0.25, 0.3) is 0 Å². The Morgan fingerprint density at radius 2 is 1.45 bits per heavy atom. The number of hydrogen-bond acceptors (Lipinski definition) is 6. The summed E-state index contributed by atoms with van der Waals surface area (Å²) in [5.74, 6) is -0.418. The van der Waals surface area contributed by atoms with Crippen molar-refractivity contribution in [2.75, 3.05) is 46.1 Å². The van der Waals surface area contributed by atoms with Crippen LogP contribution in [0, 0.1) is 0 Å². The molecule has 22 heavy (non-hydrogen) atoms. The Bertz CT molecular complexity index is 387. The molecule has 0 heterocycles. The number of rotatable bonds is 9. The molecule has 126 valence electrons. The van der Waals surface area contributed by atoms with E-state index >= 15 is 0 Å². The van der Waals surface area contributed by atoms with Crippen LogP contribution in [0.5, 0.6) is 5.75 Å². The third-order valence-electron chi connectivity index (χ3n) is 2.42. The summed E-state index contributed by atoms with van der Waals surface area (Å²) < 4.78 is 5.84. The van der Waals surface area contributed by atoms with Crippen molar-refractivity contribution in [2.24, 2.45) is 0 Å². The number of halogens is 1. The van der Waals surface area contributed by atoms with Crippen molar-refractivity contribution in [1.29, 1.82) is 0 Å². The lowest BCUT2D eigenvalue weighted by atomic mass is 10.3. The zero-order valence-electron chi connectivity index (χ0n) is 12.2. The van der Waals surface area contributed by atoms with Gasteiger partial charge in [-0.2, -0.15) is 0 Å². The van der Waals surface area contributed by atoms with Crippen LogP contribution in [0.2, 0.25) is 0 Å². The molecule has 1 aromatic rings. The molecule has 0 aromatic heterocycles. The average Bonchev–Trinajstić information content (AvgIpc) is 2.48. The molecule has 0 fully saturated rings. The van der Waals surface area contributed by atoms with Gasteiger partial charge in [-0.1, -0.05) is 15.9 Å². The summed E-state index contributed by atoms with van der Waals surface area (Å²) in [5, 5.41) is 33.8. The molecule has 0 aliphatic heterocycles. The van der Waals surface area contributed by atoms with Crippen molar-refractivity contribution in [3.05, 3.63) is 28.7 Å². The summed E-state index contributed by atoms with van der Waals surface area (Å²) >= 11 is 3.25. The van der Waals surface area contributed by atoms with Gasteiger partial charge < -0.3 is 25.2 Å². The normalized spacial score (nSPS) is 10.0. The van der Waals surface area contributed by atoms with Gasteiger partial charge in [0.1, 0.15) is 5.75 Å². The van der Waals surface area contributed by atoms with Crippen LogP contribution in [0.1, 0.15) is 0 Å². The molecule has 8 heteroatoms. The summed E-state index contributed by atoms with van der Waals surface area (Å²) in [6, 6.07) is 6.98. The highest BCUT2D eigenvalue weighted by atomic mass is 79.9. The van der Waals surface area contributed by atoms with Crippen molar-refractivity contribution >= 4 is 21.9 Å². The SMILES string of the molecule is O=C(O)COc1ccc(Br)cc1.OCCN(CCO)CCO. The number of nitrogens with zero attached hydrogens (tertiary/aromatic N) is 1. The molecule has 0 radical (unpaired) electrons. The Hall–Kier alpha value is -1.19. The fourth-order valence-electron chi connectivity index (χ4n) is 1.44. The lowest BCUT2D eigenvalue weighted by Gasteiger charge is -2.17. The predicted octanol–water partition coefficient (Wildman–Crippen LogP) is 0.178. The van der Waals surface area contributed by atoms with E-state index in [-0.39, 0.29) is 26.4 Å². The Morgan fingerprint density at radius 1 is 1.00 bits per heavy atom. The van der Waals surface area contributed by atoms with E-state index in [0.717, 1.165) is 4.47 Å². The molecule has 0 saturated heterocycles. The first-order valence-corrected chi connectivity index (χ1v) is 7.47. The minimum atomic E-state index is -0.974. The van der Waals surface area contributed by atoms with Crippen LogP contribution in [0.4, 0.5) is 0 Å². The second kappa shape index (κ2) is 13.5. The number of ether oxygens (including phenoxy) is 1. The molecule has 1 rings (SSSR count). The Kier molecular flexibility index (Phi) is 12.7. The van der Waals surface area contributed by atoms with Gasteiger partial charge in [0.15, 0.2) is 6.61 Å². The second-order valence-electron chi connectivity index (χ2n) is 4.15. The second-order valence-corrected chi connectivity index (χ2v) is 5.06. The minimum Gasteiger partial charge on any atom is -0.482 e. The first-order valence-electron chi connectivity index (χ1n) is 6.68. The maximum absolute atomic E-state index is 10.1. The molecule has 0 spiro atoms. The van der Waals surface area contributed by atoms with Crippen molar-refractivity contribution in [1.82, 2.24) is 4.90 Å². The van der Waals surface area contributed by atoms with E-state index < -0.39 is 5.97 Å². The fourth-order valence-corrected chi connectivity index (χ4v) is 1.70. The molecule has 0 aliphatic carbocycles. The van der Waals surface area contributed by atoms with E-state index in [2.05, 4.69) is 15.9 Å². The van der Waals surface area contributed by atoms with Gasteiger partial charge in [0, 0.05) is 24.1 Å². The van der Waals surface area contributed by atoms with E-state index in [1.807, 2.05) is 0 Å². The third-order valence-corrected chi connectivity index (χ3v) is 2.95. The van der Waals surface area contributed by atoms with Gasteiger partial charge in [-0.3, -0.25) is 4.90 Å². The largest absolute Gasteiger partial charge is 0.482 e. The Labute approximate surface area is 137 Å². The van der Waals surface area contributed by atoms with Crippen LogP contribution in [-0.2, 0) is 4.79 Å². The molecule has 1 aromatic carbocycles. The highest BCUT2D eigenvalue weighted by Gasteiger charge is 2.00. The zero-order chi connectivity index (χ0) is 16.8. The van der Waals surface area contributed by atoms with Gasteiger partial charge >= 0.3 is 5.97 Å². The standard InChI is InChI=1S/C8H7BrO3.C6H15NO3/c9-6-1-3-7(4-2-6)12-5-8(10)11;8-4-1-7(2-5-9)3-6-10/h1-4H,5H2,(H,10,11);8-10H,1-6H2. The van der Waals surface area contributed by atoms with Crippen LogP contribution in [0.25, 0.3) is 0 Å². The van der Waals surface area contributed by atoms with E-state index in [1.165, 1.54) is 0 Å². The molecule has 4 N–H and O–H groups in total. The van der Waals surface area contributed by atoms with Gasteiger partial charge in [-0.25, -0.2) is 4.79 Å². The summed E-state index contributed by atoms with van der Waals surface area (Å²) in [4.78, 5) is 11.9. The summed E-state index contributed by atoms with van der Waals surface area (Å²) in [6.45, 7) is 1.45. The van der Waals surface area contributed by atoms with Gasteiger partial charge in [-0.15, -0.1) is 0 Å². The molecule has 0 unspecified atom stereocenters. The monoisotopic (exact) mass is 379 g/mol. The average molecular weight is 380 g/mol. The van der Waals surface area contributed by atoms with E-state index in [0.29, 0.717) is 25.4 Å². The first kappa shape index (κ1) is 20.8. The number of aliphatic hydroxyl groups is 3. The van der Waals surface area contributed by atoms with Gasteiger partial charge in [0.2, 0.25) is 0 Å². The number of benzene rings is 1. The summed E-state index contributed by atoms with van der Waals surface area (Å²) in [6.07, 6.45) is 0. The molecular weight excluding hydrogens is 358 g/mol. The number of aliphatic hydroxyl groups excluding tert-OH is 3. The van der Waals surface area contributed by atoms with Gasteiger partial charge in [0.05, 0.1) is 19.8 Å². The molecule has 0 amide bonds. The van der Waals surface area contributed by atoms with Crippen molar-refractivity contribution < 1.29 is 30.0 Å². The Balaban J connectivity index is 0.000000409. The van der Waals surface area contributed by atoms with Crippen LogP contribution in [-0.4, -0.2) is 77.4 Å². The van der Waals surface area contributed by atoms with Crippen LogP contribution in [0.3, 0.4) is 0 Å². The van der Waals surface area contributed by atoms with Crippen molar-refractivity contribution in [3.8, 4) is 5.75 Å². The molecule has 7 nitrogen and oxygen atoms in total. The number of carboxylic acids is 1. The Morgan fingerprint density at radius 3 is 1.82 bits per heavy atom. The quantitative estimate of drug-likeness (QED) is 0.484. The number of hydrogen-bond donors (Lipinski definition) is 4. The molecular formula is C14H22BrNO6. The maximum atomic E-state index is 10.1. The van der Waals surface area contributed by atoms with Crippen molar-refractivity contribution in [3.63, 3.8) is 0 Å². The lowest BCUT2D eigenvalue weighted by Crippen LogP contribution is -2.32. The maximum Gasteiger partial charge on any atom is 0.341 e. The van der Waals surface area contributed by atoms with Crippen LogP contribution >= 0.6 is 15.9 Å². The molecule has 0 bridgehead atoms. The van der Waals surface area contributed by atoms with Crippen molar-refractivity contribution in [2.45, 2.75) is 0 Å². The van der Waals surface area contributed by atoms with E-state index in [4.69, 9.17) is 25.2 Å². The minimum absolute atomic E-state index is 0.0694. The number of carbonyl (C=O) groups is 1. The number of carboxylic acid groups (broad SMARTS) is 1. The topological polar surface area (TPSA) is 110 Å². The predicted molar refractivity (Wildman–Crippen MR) is 85.0 cm³/mol. The van der Waals surface area contributed by atoms with Crippen LogP contribution < -0.4 is 4.74 Å². The number of aliphatic carboxylic acids is 1. The first-order chi connectivity index (χ1) is 10.5. The van der Waals surface area contributed by atoms with E-state index in [9.17, 15) is 4.79 Å². The molecule has 0 aliphatic rings. The highest BCUT2D eigenvalue weighted by molar-refractivity contribution is 9.10. The summed E-state index contributed by atoms with van der Waals surface area (Å²) in [5.41, 5.74) is 0. The van der Waals surface area contributed by atoms with Gasteiger partial charge in [-0.05, 0) is 24.3 Å². The fraction of sp³-hybridized carbons (Fsp3) is 0.500. The molecule has 0 atom stereocenters. The highest BCUT2D eigenvalue weighted by Crippen LogP contribution is 2.15. The van der Waals surface area contributed by atoms with Crippen LogP contribution in [0.15, 0.2) is 28.7 Å². The lowest BCUT2D eigenvalue weighted by molar-refractivity contribution is -0.139.